The SMILES string of the molecule is Cc1ccncc1CNc1ccc(-c2cnco2)cc1. The highest BCUT2D eigenvalue weighted by atomic mass is 16.3. The maximum atomic E-state index is 5.26. The summed E-state index contributed by atoms with van der Waals surface area (Å²) >= 11 is 0. The lowest BCUT2D eigenvalue weighted by molar-refractivity contribution is 0.572. The lowest BCUT2D eigenvalue weighted by atomic mass is 10.1. The summed E-state index contributed by atoms with van der Waals surface area (Å²) < 4.78 is 5.26. The summed E-state index contributed by atoms with van der Waals surface area (Å²) in [6.07, 6.45) is 6.85. The Morgan fingerprint density at radius 1 is 1.05 bits per heavy atom. The first-order chi connectivity index (χ1) is 9.83. The second-order valence-corrected chi connectivity index (χ2v) is 4.60. The molecule has 0 atom stereocenters. The molecule has 0 saturated carbocycles. The minimum Gasteiger partial charge on any atom is -0.444 e. The molecule has 1 N–H and O–H groups in total. The van der Waals surface area contributed by atoms with Crippen molar-refractivity contribution in [2.75, 3.05) is 5.32 Å². The van der Waals surface area contributed by atoms with Gasteiger partial charge in [-0.05, 0) is 48.4 Å². The number of hydrogen-bond acceptors (Lipinski definition) is 4. The minimum atomic E-state index is 0.765. The largest absolute Gasteiger partial charge is 0.444 e. The van der Waals surface area contributed by atoms with Gasteiger partial charge in [-0.25, -0.2) is 4.98 Å². The summed E-state index contributed by atoms with van der Waals surface area (Å²) in [5.41, 5.74) is 4.53. The van der Waals surface area contributed by atoms with E-state index in [1.165, 1.54) is 17.5 Å². The van der Waals surface area contributed by atoms with Gasteiger partial charge in [0.05, 0.1) is 6.20 Å². The first kappa shape index (κ1) is 12.4. The van der Waals surface area contributed by atoms with E-state index in [1.807, 2.05) is 42.7 Å². The average Bonchev–Trinajstić information content (AvgIpc) is 3.01. The van der Waals surface area contributed by atoms with E-state index in [0.29, 0.717) is 0 Å². The molecule has 1 aromatic carbocycles. The molecule has 3 aromatic rings. The Labute approximate surface area is 117 Å². The Kier molecular flexibility index (Phi) is 3.46. The van der Waals surface area contributed by atoms with E-state index in [0.717, 1.165) is 23.6 Å². The van der Waals surface area contributed by atoms with Crippen LogP contribution in [-0.2, 0) is 6.54 Å². The second-order valence-electron chi connectivity index (χ2n) is 4.60. The Hall–Kier alpha value is -2.62. The number of hydrogen-bond donors (Lipinski definition) is 1. The van der Waals surface area contributed by atoms with Gasteiger partial charge >= 0.3 is 0 Å². The minimum absolute atomic E-state index is 0.765. The fraction of sp³-hybridized carbons (Fsp3) is 0.125. The molecule has 20 heavy (non-hydrogen) atoms. The molecule has 4 nitrogen and oxygen atoms in total. The van der Waals surface area contributed by atoms with Crippen molar-refractivity contribution in [1.82, 2.24) is 9.97 Å². The molecule has 0 saturated heterocycles. The van der Waals surface area contributed by atoms with E-state index in [4.69, 9.17) is 4.42 Å². The number of rotatable bonds is 4. The first-order valence-electron chi connectivity index (χ1n) is 6.45. The van der Waals surface area contributed by atoms with Crippen LogP contribution in [0.15, 0.2) is 59.7 Å². The highest BCUT2D eigenvalue weighted by Crippen LogP contribution is 2.21. The maximum absolute atomic E-state index is 5.26. The summed E-state index contributed by atoms with van der Waals surface area (Å²) in [4.78, 5) is 8.06. The normalized spacial score (nSPS) is 10.4. The average molecular weight is 265 g/mol. The molecule has 0 aliphatic carbocycles. The Bertz CT molecular complexity index is 675. The number of aromatic nitrogens is 2. The maximum Gasteiger partial charge on any atom is 0.181 e. The smallest absolute Gasteiger partial charge is 0.181 e. The van der Waals surface area contributed by atoms with Crippen LogP contribution in [0.5, 0.6) is 0 Å². The quantitative estimate of drug-likeness (QED) is 0.782. The van der Waals surface area contributed by atoms with Crippen LogP contribution in [0.3, 0.4) is 0 Å². The van der Waals surface area contributed by atoms with E-state index in [-0.39, 0.29) is 0 Å². The van der Waals surface area contributed by atoms with Gasteiger partial charge in [0.15, 0.2) is 12.2 Å². The molecule has 0 spiro atoms. The summed E-state index contributed by atoms with van der Waals surface area (Å²) in [5, 5.41) is 3.39. The van der Waals surface area contributed by atoms with Crippen LogP contribution in [0.2, 0.25) is 0 Å². The molecule has 0 unspecified atom stereocenters. The standard InChI is InChI=1S/C16H15N3O/c1-12-6-7-17-8-14(12)9-19-15-4-2-13(3-5-15)16-10-18-11-20-16/h2-8,10-11,19H,9H2,1H3. The third kappa shape index (κ3) is 2.69. The highest BCUT2D eigenvalue weighted by Gasteiger charge is 2.02. The summed E-state index contributed by atoms with van der Waals surface area (Å²) in [5.74, 6) is 0.777. The van der Waals surface area contributed by atoms with Crippen LogP contribution in [-0.4, -0.2) is 9.97 Å². The van der Waals surface area contributed by atoms with Gasteiger partial charge in [0.25, 0.3) is 0 Å². The zero-order valence-electron chi connectivity index (χ0n) is 11.2. The van der Waals surface area contributed by atoms with E-state index in [1.54, 1.807) is 6.20 Å². The fourth-order valence-corrected chi connectivity index (χ4v) is 1.99. The Morgan fingerprint density at radius 3 is 2.60 bits per heavy atom. The van der Waals surface area contributed by atoms with Crippen LogP contribution in [0, 0.1) is 6.92 Å². The molecule has 2 aromatic heterocycles. The van der Waals surface area contributed by atoms with Crippen molar-refractivity contribution in [2.45, 2.75) is 13.5 Å². The number of pyridine rings is 1. The molecule has 0 aliphatic rings. The number of anilines is 1. The molecule has 0 bridgehead atoms. The summed E-state index contributed by atoms with van der Waals surface area (Å²) in [6, 6.07) is 10.1. The fourth-order valence-electron chi connectivity index (χ4n) is 1.99. The van der Waals surface area contributed by atoms with Gasteiger partial charge in [-0.15, -0.1) is 0 Å². The predicted octanol–water partition coefficient (Wildman–Crippen LogP) is 3.66. The third-order valence-electron chi connectivity index (χ3n) is 3.23. The zero-order valence-corrected chi connectivity index (χ0v) is 11.2. The molecule has 100 valence electrons. The van der Waals surface area contributed by atoms with Gasteiger partial charge in [-0.3, -0.25) is 4.98 Å². The highest BCUT2D eigenvalue weighted by molar-refractivity contribution is 5.60. The molecule has 0 aliphatic heterocycles. The van der Waals surface area contributed by atoms with Gasteiger partial charge < -0.3 is 9.73 Å². The van der Waals surface area contributed by atoms with Gasteiger partial charge in [0.1, 0.15) is 0 Å². The summed E-state index contributed by atoms with van der Waals surface area (Å²) in [7, 11) is 0. The van der Waals surface area contributed by atoms with Gasteiger partial charge in [-0.1, -0.05) is 0 Å². The van der Waals surface area contributed by atoms with Gasteiger partial charge in [0, 0.05) is 30.2 Å². The monoisotopic (exact) mass is 265 g/mol. The van der Waals surface area contributed by atoms with Crippen LogP contribution in [0.1, 0.15) is 11.1 Å². The van der Waals surface area contributed by atoms with Crippen LogP contribution in [0.4, 0.5) is 5.69 Å². The van der Waals surface area contributed by atoms with Crippen molar-refractivity contribution >= 4 is 5.69 Å². The van der Waals surface area contributed by atoms with Gasteiger partial charge in [-0.2, -0.15) is 0 Å². The van der Waals surface area contributed by atoms with Crippen LogP contribution in [0.25, 0.3) is 11.3 Å². The first-order valence-corrected chi connectivity index (χ1v) is 6.45. The van der Waals surface area contributed by atoms with Gasteiger partial charge in [0.2, 0.25) is 0 Å². The molecule has 3 rings (SSSR count). The lowest BCUT2D eigenvalue weighted by Gasteiger charge is -2.08. The van der Waals surface area contributed by atoms with E-state index >= 15 is 0 Å². The van der Waals surface area contributed by atoms with Crippen LogP contribution >= 0.6 is 0 Å². The summed E-state index contributed by atoms with van der Waals surface area (Å²) in [6.45, 7) is 2.85. The number of oxazole rings is 1. The number of benzene rings is 1. The number of aryl methyl sites for hydroxylation is 1. The van der Waals surface area contributed by atoms with E-state index < -0.39 is 0 Å². The van der Waals surface area contributed by atoms with Crippen molar-refractivity contribution in [2.24, 2.45) is 0 Å². The van der Waals surface area contributed by atoms with Crippen LogP contribution < -0.4 is 5.32 Å². The molecular formula is C16H15N3O. The number of nitrogens with one attached hydrogen (secondary N) is 1. The van der Waals surface area contributed by atoms with E-state index in [9.17, 15) is 0 Å². The van der Waals surface area contributed by atoms with Crippen molar-refractivity contribution < 1.29 is 4.42 Å². The van der Waals surface area contributed by atoms with Crippen molar-refractivity contribution in [3.8, 4) is 11.3 Å². The van der Waals surface area contributed by atoms with Crippen molar-refractivity contribution in [1.29, 1.82) is 0 Å². The predicted molar refractivity (Wildman–Crippen MR) is 78.2 cm³/mol. The molecule has 0 amide bonds. The zero-order chi connectivity index (χ0) is 13.8. The molecule has 4 heteroatoms. The number of nitrogens with zero attached hydrogens (tertiary/aromatic N) is 2. The lowest BCUT2D eigenvalue weighted by Crippen LogP contribution is -2.01. The molecule has 2 heterocycles. The molecule has 0 fully saturated rings. The molecular weight excluding hydrogens is 250 g/mol. The van der Waals surface area contributed by atoms with E-state index in [2.05, 4.69) is 22.2 Å². The Morgan fingerprint density at radius 2 is 1.90 bits per heavy atom. The molecule has 0 radical (unpaired) electrons. The van der Waals surface area contributed by atoms with Crippen molar-refractivity contribution in [3.63, 3.8) is 0 Å². The van der Waals surface area contributed by atoms with Crippen molar-refractivity contribution in [3.05, 3.63) is 66.4 Å². The topological polar surface area (TPSA) is 51.0 Å². The third-order valence-corrected chi connectivity index (χ3v) is 3.23. The Balaban J connectivity index is 1.68. The second kappa shape index (κ2) is 5.57.